The van der Waals surface area contributed by atoms with Gasteiger partial charge < -0.3 is 4.52 Å². The molecule has 0 rings (SSSR count). The summed E-state index contributed by atoms with van der Waals surface area (Å²) < 4.78 is 16.8. The van der Waals surface area contributed by atoms with Crippen LogP contribution in [-0.4, -0.2) is 18.4 Å². The minimum atomic E-state index is -2.45. The first kappa shape index (κ1) is 11.5. The first-order valence-corrected chi connectivity index (χ1v) is 6.50. The van der Waals surface area contributed by atoms with Crippen LogP contribution in [0.3, 0.4) is 0 Å². The van der Waals surface area contributed by atoms with Crippen LogP contribution in [0.2, 0.25) is 0 Å². The topological polar surface area (TPSA) is 26.3 Å². The van der Waals surface area contributed by atoms with E-state index in [2.05, 4.69) is 0 Å². The van der Waals surface area contributed by atoms with Crippen molar-refractivity contribution in [1.29, 1.82) is 0 Å². The van der Waals surface area contributed by atoms with Gasteiger partial charge >= 0.3 is 0 Å². The highest BCUT2D eigenvalue weighted by atomic mass is 35.5. The van der Waals surface area contributed by atoms with Gasteiger partial charge in [0.25, 0.3) is 0 Å². The van der Waals surface area contributed by atoms with E-state index in [1.54, 1.807) is 0 Å². The summed E-state index contributed by atoms with van der Waals surface area (Å²) in [6.07, 6.45) is 2.37. The zero-order valence-electron chi connectivity index (χ0n) is 7.18. The van der Waals surface area contributed by atoms with Crippen molar-refractivity contribution in [1.82, 2.24) is 0 Å². The van der Waals surface area contributed by atoms with Crippen LogP contribution in [0, 0.1) is 0 Å². The van der Waals surface area contributed by atoms with Gasteiger partial charge in [0.15, 0.2) is 0 Å². The molecule has 0 spiro atoms. The summed E-state index contributed by atoms with van der Waals surface area (Å²) >= 11 is 5.54. The molecule has 0 bridgehead atoms. The number of halogens is 1. The molecule has 0 aromatic rings. The van der Waals surface area contributed by atoms with E-state index in [0.29, 0.717) is 12.8 Å². The van der Waals surface area contributed by atoms with E-state index in [-0.39, 0.29) is 5.62 Å². The maximum Gasteiger partial charge on any atom is 0.217 e. The van der Waals surface area contributed by atoms with Crippen LogP contribution in [0.4, 0.5) is 0 Å². The van der Waals surface area contributed by atoms with Crippen LogP contribution in [0.5, 0.6) is 0 Å². The van der Waals surface area contributed by atoms with Gasteiger partial charge in [-0.2, -0.15) is 0 Å². The van der Waals surface area contributed by atoms with Crippen molar-refractivity contribution in [3.05, 3.63) is 0 Å². The quantitative estimate of drug-likeness (QED) is 0.484. The molecule has 0 N–H and O–H groups in total. The van der Waals surface area contributed by atoms with Gasteiger partial charge in [0, 0.05) is 6.16 Å². The van der Waals surface area contributed by atoms with Crippen LogP contribution in [0.1, 0.15) is 26.7 Å². The van der Waals surface area contributed by atoms with E-state index in [1.807, 2.05) is 13.8 Å². The van der Waals surface area contributed by atoms with Gasteiger partial charge in [-0.3, -0.25) is 4.57 Å². The average molecular weight is 199 g/mol. The largest absolute Gasteiger partial charge is 0.328 e. The summed E-state index contributed by atoms with van der Waals surface area (Å²) in [6.45, 7) is 4.53. The third-order valence-electron chi connectivity index (χ3n) is 1.28. The maximum atomic E-state index is 11.6. The third kappa shape index (κ3) is 4.84. The molecule has 0 fully saturated rings. The lowest BCUT2D eigenvalue weighted by atomic mass is 10.5. The molecule has 0 radical (unpaired) electrons. The highest BCUT2D eigenvalue weighted by molar-refractivity contribution is 7.60. The Kier molecular flexibility index (Phi) is 6.31. The monoisotopic (exact) mass is 198 g/mol. The fourth-order valence-electron chi connectivity index (χ4n) is 0.757. The van der Waals surface area contributed by atoms with E-state index in [4.69, 9.17) is 16.1 Å². The first-order chi connectivity index (χ1) is 5.18. The molecule has 1 unspecified atom stereocenters. The SMILES string of the molecule is CCCOP(=O)(CCl)CCC. The molecule has 0 aliphatic carbocycles. The Labute approximate surface area is 73.7 Å². The molecule has 0 aromatic carbocycles. The van der Waals surface area contributed by atoms with E-state index in [0.717, 1.165) is 12.8 Å². The number of hydrogen-bond donors (Lipinski definition) is 0. The smallest absolute Gasteiger partial charge is 0.217 e. The Morgan fingerprint density at radius 2 is 2.00 bits per heavy atom. The van der Waals surface area contributed by atoms with Crippen LogP contribution in [-0.2, 0) is 9.09 Å². The lowest BCUT2D eigenvalue weighted by Crippen LogP contribution is -1.97. The van der Waals surface area contributed by atoms with Crippen molar-refractivity contribution in [2.24, 2.45) is 0 Å². The molecule has 0 aliphatic rings. The Morgan fingerprint density at radius 3 is 2.36 bits per heavy atom. The molecular weight excluding hydrogens is 183 g/mol. The standard InChI is InChI=1S/C7H16ClO2P/c1-3-5-10-11(9,7-8)6-4-2/h3-7H2,1-2H3. The third-order valence-corrected chi connectivity index (χ3v) is 4.52. The summed E-state index contributed by atoms with van der Waals surface area (Å²) in [5, 5.41) is 0. The summed E-state index contributed by atoms with van der Waals surface area (Å²) in [7, 11) is -2.45. The molecule has 0 aliphatic heterocycles. The van der Waals surface area contributed by atoms with Gasteiger partial charge in [-0.25, -0.2) is 0 Å². The first-order valence-electron chi connectivity index (χ1n) is 3.97. The van der Waals surface area contributed by atoms with Crippen LogP contribution < -0.4 is 0 Å². The molecule has 0 saturated carbocycles. The minimum absolute atomic E-state index is 0.154. The fraction of sp³-hybridized carbons (Fsp3) is 1.00. The predicted octanol–water partition coefficient (Wildman–Crippen LogP) is 3.30. The lowest BCUT2D eigenvalue weighted by Gasteiger charge is -2.13. The molecule has 2 nitrogen and oxygen atoms in total. The second-order valence-corrected chi connectivity index (χ2v) is 5.78. The summed E-state index contributed by atoms with van der Waals surface area (Å²) in [4.78, 5) is 0. The van der Waals surface area contributed by atoms with Gasteiger partial charge in [-0.05, 0) is 12.8 Å². The summed E-state index contributed by atoms with van der Waals surface area (Å²) in [6, 6.07) is 0. The second-order valence-electron chi connectivity index (χ2n) is 2.49. The molecule has 0 saturated heterocycles. The van der Waals surface area contributed by atoms with Crippen molar-refractivity contribution < 1.29 is 9.09 Å². The highest BCUT2D eigenvalue weighted by Gasteiger charge is 2.19. The maximum absolute atomic E-state index is 11.6. The van der Waals surface area contributed by atoms with E-state index in [9.17, 15) is 4.57 Å². The number of alkyl halides is 1. The Morgan fingerprint density at radius 1 is 1.36 bits per heavy atom. The minimum Gasteiger partial charge on any atom is -0.328 e. The zero-order chi connectivity index (χ0) is 8.74. The normalized spacial score (nSPS) is 16.3. The molecule has 4 heteroatoms. The van der Waals surface area contributed by atoms with Gasteiger partial charge in [0.05, 0.1) is 12.2 Å². The predicted molar refractivity (Wildman–Crippen MR) is 49.7 cm³/mol. The molecule has 11 heavy (non-hydrogen) atoms. The van der Waals surface area contributed by atoms with Crippen molar-refractivity contribution in [2.45, 2.75) is 26.7 Å². The van der Waals surface area contributed by atoms with Crippen LogP contribution >= 0.6 is 19.0 Å². The van der Waals surface area contributed by atoms with Gasteiger partial charge in [0.1, 0.15) is 0 Å². The number of hydrogen-bond acceptors (Lipinski definition) is 2. The average Bonchev–Trinajstić information content (AvgIpc) is 2.02. The lowest BCUT2D eigenvalue weighted by molar-refractivity contribution is 0.315. The zero-order valence-corrected chi connectivity index (χ0v) is 8.83. The van der Waals surface area contributed by atoms with Crippen LogP contribution in [0.25, 0.3) is 0 Å². The van der Waals surface area contributed by atoms with Crippen molar-refractivity contribution >= 4 is 19.0 Å². The van der Waals surface area contributed by atoms with Gasteiger partial charge in [-0.1, -0.05) is 13.8 Å². The van der Waals surface area contributed by atoms with E-state index in [1.165, 1.54) is 0 Å². The Hall–Kier alpha value is 0.480. The molecular formula is C7H16ClO2P. The molecule has 0 amide bonds. The molecule has 0 heterocycles. The molecule has 68 valence electrons. The molecule has 0 aromatic heterocycles. The Bertz CT molecular complexity index is 138. The van der Waals surface area contributed by atoms with Crippen molar-refractivity contribution in [3.8, 4) is 0 Å². The van der Waals surface area contributed by atoms with E-state index < -0.39 is 7.37 Å². The van der Waals surface area contributed by atoms with Gasteiger partial charge in [0.2, 0.25) is 7.37 Å². The van der Waals surface area contributed by atoms with Crippen LogP contribution in [0.15, 0.2) is 0 Å². The van der Waals surface area contributed by atoms with Gasteiger partial charge in [-0.15, -0.1) is 11.6 Å². The summed E-state index contributed by atoms with van der Waals surface area (Å²) in [5.74, 6) is 0. The molecule has 1 atom stereocenters. The van der Waals surface area contributed by atoms with E-state index >= 15 is 0 Å². The highest BCUT2D eigenvalue weighted by Crippen LogP contribution is 2.48. The van der Waals surface area contributed by atoms with Crippen molar-refractivity contribution in [2.75, 3.05) is 18.4 Å². The second kappa shape index (κ2) is 6.05. The van der Waals surface area contributed by atoms with Crippen molar-refractivity contribution in [3.63, 3.8) is 0 Å². The summed E-state index contributed by atoms with van der Waals surface area (Å²) in [5.41, 5.74) is 0.154. The Balaban J connectivity index is 3.79. The number of rotatable bonds is 6. The fourth-order valence-corrected chi connectivity index (χ4v) is 2.84.